The van der Waals surface area contributed by atoms with Crippen molar-refractivity contribution in [2.75, 3.05) is 13.7 Å². The van der Waals surface area contributed by atoms with E-state index in [0.29, 0.717) is 5.92 Å². The summed E-state index contributed by atoms with van der Waals surface area (Å²) in [6, 6.07) is 9.73. The Kier molecular flexibility index (Phi) is 6.03. The van der Waals surface area contributed by atoms with Crippen LogP contribution in [0.5, 0.6) is 0 Å². The van der Waals surface area contributed by atoms with Gasteiger partial charge in [-0.25, -0.2) is 0 Å². The molecule has 19 heavy (non-hydrogen) atoms. The topological polar surface area (TPSA) is 52.3 Å². The van der Waals surface area contributed by atoms with Crippen molar-refractivity contribution in [3.8, 4) is 0 Å². The molecule has 0 amide bonds. The van der Waals surface area contributed by atoms with E-state index in [1.165, 1.54) is 7.11 Å². The molecule has 1 atom stereocenters. The van der Waals surface area contributed by atoms with Crippen molar-refractivity contribution in [2.45, 2.75) is 38.5 Å². The van der Waals surface area contributed by atoms with Crippen LogP contribution in [0, 0.1) is 5.92 Å². The number of hydrogen-bond acceptors (Lipinski definition) is 3. The highest BCUT2D eigenvalue weighted by molar-refractivity contribution is 5.83. The first-order chi connectivity index (χ1) is 9.06. The van der Waals surface area contributed by atoms with Gasteiger partial charge in [0.25, 0.3) is 0 Å². The third-order valence-corrected chi connectivity index (χ3v) is 3.64. The van der Waals surface area contributed by atoms with E-state index in [4.69, 9.17) is 10.5 Å². The fraction of sp³-hybridized carbons (Fsp3) is 0.562. The normalized spacial score (nSPS) is 14.2. The number of benzene rings is 1. The highest BCUT2D eigenvalue weighted by Gasteiger charge is 2.39. The molecule has 0 spiro atoms. The number of rotatable bonds is 7. The molecule has 3 nitrogen and oxygen atoms in total. The standard InChI is InChI=1S/C16H25NO2/c1-13(2)8-7-11-16(12-17,15(18)19-3)14-9-5-4-6-10-14/h4-6,9-10,13H,7-8,11-12,17H2,1-3H3. The summed E-state index contributed by atoms with van der Waals surface area (Å²) in [7, 11) is 1.43. The van der Waals surface area contributed by atoms with E-state index in [9.17, 15) is 4.79 Å². The van der Waals surface area contributed by atoms with Gasteiger partial charge in [0.1, 0.15) is 5.41 Å². The highest BCUT2D eigenvalue weighted by atomic mass is 16.5. The predicted octanol–water partition coefficient (Wildman–Crippen LogP) is 2.88. The fourth-order valence-corrected chi connectivity index (χ4v) is 2.43. The second-order valence-corrected chi connectivity index (χ2v) is 5.43. The lowest BCUT2D eigenvalue weighted by Crippen LogP contribution is -2.44. The molecule has 2 N–H and O–H groups in total. The number of methoxy groups -OCH3 is 1. The largest absolute Gasteiger partial charge is 0.468 e. The number of nitrogens with two attached hydrogens (primary N) is 1. The lowest BCUT2D eigenvalue weighted by Gasteiger charge is -2.30. The van der Waals surface area contributed by atoms with Crippen LogP contribution in [-0.4, -0.2) is 19.6 Å². The van der Waals surface area contributed by atoms with Crippen LogP contribution in [-0.2, 0) is 14.9 Å². The molecule has 1 aromatic carbocycles. The maximum Gasteiger partial charge on any atom is 0.317 e. The molecule has 0 aromatic heterocycles. The van der Waals surface area contributed by atoms with Gasteiger partial charge in [-0.3, -0.25) is 4.79 Å². The Bertz CT molecular complexity index is 389. The van der Waals surface area contributed by atoms with Crippen LogP contribution in [0.4, 0.5) is 0 Å². The average molecular weight is 263 g/mol. The molecule has 1 unspecified atom stereocenters. The van der Waals surface area contributed by atoms with Crippen molar-refractivity contribution in [3.05, 3.63) is 35.9 Å². The maximum atomic E-state index is 12.2. The van der Waals surface area contributed by atoms with E-state index in [0.717, 1.165) is 24.8 Å². The molecule has 3 heteroatoms. The van der Waals surface area contributed by atoms with Gasteiger partial charge >= 0.3 is 5.97 Å². The summed E-state index contributed by atoms with van der Waals surface area (Å²) in [5, 5.41) is 0. The van der Waals surface area contributed by atoms with Crippen LogP contribution in [0.3, 0.4) is 0 Å². The van der Waals surface area contributed by atoms with Crippen molar-refractivity contribution in [1.82, 2.24) is 0 Å². The zero-order valence-corrected chi connectivity index (χ0v) is 12.2. The number of carbonyl (C=O) groups is 1. The molecule has 106 valence electrons. The molecule has 0 saturated heterocycles. The Morgan fingerprint density at radius 2 is 1.95 bits per heavy atom. The van der Waals surface area contributed by atoms with Crippen LogP contribution in [0.25, 0.3) is 0 Å². The number of carbonyl (C=O) groups excluding carboxylic acids is 1. The maximum absolute atomic E-state index is 12.2. The fourth-order valence-electron chi connectivity index (χ4n) is 2.43. The lowest BCUT2D eigenvalue weighted by atomic mass is 9.76. The zero-order valence-electron chi connectivity index (χ0n) is 12.2. The van der Waals surface area contributed by atoms with Gasteiger partial charge < -0.3 is 10.5 Å². The van der Waals surface area contributed by atoms with Crippen LogP contribution in [0.15, 0.2) is 30.3 Å². The Balaban J connectivity index is 2.98. The van der Waals surface area contributed by atoms with E-state index < -0.39 is 5.41 Å². The van der Waals surface area contributed by atoms with Gasteiger partial charge in [0, 0.05) is 6.54 Å². The molecule has 1 aromatic rings. The van der Waals surface area contributed by atoms with E-state index in [2.05, 4.69) is 13.8 Å². The summed E-state index contributed by atoms with van der Waals surface area (Å²) >= 11 is 0. The molecule has 0 fully saturated rings. The van der Waals surface area contributed by atoms with Gasteiger partial charge in [0.15, 0.2) is 0 Å². The highest BCUT2D eigenvalue weighted by Crippen LogP contribution is 2.31. The van der Waals surface area contributed by atoms with Crippen LogP contribution in [0.2, 0.25) is 0 Å². The van der Waals surface area contributed by atoms with Crippen molar-refractivity contribution in [2.24, 2.45) is 11.7 Å². The number of esters is 1. The summed E-state index contributed by atoms with van der Waals surface area (Å²) < 4.78 is 5.00. The summed E-state index contributed by atoms with van der Waals surface area (Å²) in [6.45, 7) is 4.65. The van der Waals surface area contributed by atoms with E-state index >= 15 is 0 Å². The van der Waals surface area contributed by atoms with E-state index in [-0.39, 0.29) is 12.5 Å². The van der Waals surface area contributed by atoms with E-state index in [1.54, 1.807) is 0 Å². The monoisotopic (exact) mass is 263 g/mol. The molecule has 0 aliphatic carbocycles. The Labute approximate surface area is 116 Å². The summed E-state index contributed by atoms with van der Waals surface area (Å²) in [6.07, 6.45) is 2.79. The Morgan fingerprint density at radius 3 is 2.42 bits per heavy atom. The van der Waals surface area contributed by atoms with Crippen LogP contribution < -0.4 is 5.73 Å². The molecule has 0 aliphatic rings. The average Bonchev–Trinajstić information content (AvgIpc) is 2.43. The third kappa shape index (κ3) is 3.80. The molecule has 0 radical (unpaired) electrons. The van der Waals surface area contributed by atoms with Gasteiger partial charge in [0.2, 0.25) is 0 Å². The van der Waals surface area contributed by atoms with Gasteiger partial charge in [-0.15, -0.1) is 0 Å². The first-order valence-electron chi connectivity index (χ1n) is 6.91. The quantitative estimate of drug-likeness (QED) is 0.770. The molecule has 0 aliphatic heterocycles. The first kappa shape index (κ1) is 15.7. The minimum Gasteiger partial charge on any atom is -0.468 e. The SMILES string of the molecule is COC(=O)C(CN)(CCCC(C)C)c1ccccc1. The number of hydrogen-bond donors (Lipinski definition) is 1. The smallest absolute Gasteiger partial charge is 0.317 e. The predicted molar refractivity (Wildman–Crippen MR) is 77.9 cm³/mol. The minimum atomic E-state index is -0.703. The van der Waals surface area contributed by atoms with E-state index in [1.807, 2.05) is 30.3 Å². The van der Waals surface area contributed by atoms with Crippen molar-refractivity contribution >= 4 is 5.97 Å². The van der Waals surface area contributed by atoms with Gasteiger partial charge in [-0.1, -0.05) is 57.0 Å². The van der Waals surface area contributed by atoms with Crippen LogP contribution in [0.1, 0.15) is 38.7 Å². The first-order valence-corrected chi connectivity index (χ1v) is 6.91. The van der Waals surface area contributed by atoms with Crippen molar-refractivity contribution in [3.63, 3.8) is 0 Å². The molecular formula is C16H25NO2. The molecule has 0 bridgehead atoms. The molecule has 0 heterocycles. The zero-order chi connectivity index (χ0) is 14.3. The molecule has 1 rings (SSSR count). The number of ether oxygens (including phenoxy) is 1. The van der Waals surface area contributed by atoms with Gasteiger partial charge in [0.05, 0.1) is 7.11 Å². The van der Waals surface area contributed by atoms with Crippen LogP contribution >= 0.6 is 0 Å². The Hall–Kier alpha value is -1.35. The summed E-state index contributed by atoms with van der Waals surface area (Å²) in [5.74, 6) is 0.397. The third-order valence-electron chi connectivity index (χ3n) is 3.64. The van der Waals surface area contributed by atoms with Gasteiger partial charge in [-0.2, -0.15) is 0 Å². The molecule has 0 saturated carbocycles. The summed E-state index contributed by atoms with van der Waals surface area (Å²) in [4.78, 5) is 12.2. The van der Waals surface area contributed by atoms with Gasteiger partial charge in [-0.05, 0) is 17.9 Å². The molecular weight excluding hydrogens is 238 g/mol. The lowest BCUT2D eigenvalue weighted by molar-refractivity contribution is -0.147. The second kappa shape index (κ2) is 7.29. The second-order valence-electron chi connectivity index (χ2n) is 5.43. The van der Waals surface area contributed by atoms with Crippen molar-refractivity contribution < 1.29 is 9.53 Å². The summed E-state index contributed by atoms with van der Waals surface area (Å²) in [5.41, 5.74) is 6.18. The Morgan fingerprint density at radius 1 is 1.32 bits per heavy atom. The minimum absolute atomic E-state index is 0.232. The van der Waals surface area contributed by atoms with Crippen molar-refractivity contribution in [1.29, 1.82) is 0 Å².